The molecular weight excluding hydrogens is 459 g/mol. The van der Waals surface area contributed by atoms with E-state index < -0.39 is 6.03 Å². The molecule has 1 aromatic heterocycles. The third-order valence-corrected chi connectivity index (χ3v) is 4.76. The lowest BCUT2D eigenvalue weighted by atomic mass is 10.1. The molecule has 0 aliphatic heterocycles. The molecule has 3 rings (SSSR count). The number of nitrogens with one attached hydrogen (secondary N) is 2. The number of nitriles is 1. The number of hydrogen-bond donors (Lipinski definition) is 2. The molecule has 0 spiro atoms. The molecule has 3 aromatic rings. The summed E-state index contributed by atoms with van der Waals surface area (Å²) in [6.45, 7) is 3.15. The lowest BCUT2D eigenvalue weighted by molar-refractivity contribution is -0.108. The number of aromatic nitrogens is 2. The zero-order chi connectivity index (χ0) is 23.4. The van der Waals surface area contributed by atoms with Crippen LogP contribution in [0.4, 0.5) is 10.5 Å². The quantitative estimate of drug-likeness (QED) is 0.327. The zero-order valence-corrected chi connectivity index (χ0v) is 18.2. The first-order chi connectivity index (χ1) is 15.3. The lowest BCUT2D eigenvalue weighted by Crippen LogP contribution is -2.36. The number of halogens is 2. The van der Waals surface area contributed by atoms with Crippen LogP contribution in [0.2, 0.25) is 10.0 Å². The second kappa shape index (κ2) is 9.47. The van der Waals surface area contributed by atoms with E-state index >= 15 is 0 Å². The Kier molecular flexibility index (Phi) is 6.73. The molecule has 0 unspecified atom stereocenters. The van der Waals surface area contributed by atoms with E-state index in [1.165, 1.54) is 19.1 Å². The van der Waals surface area contributed by atoms with Gasteiger partial charge in [-0.1, -0.05) is 35.3 Å². The summed E-state index contributed by atoms with van der Waals surface area (Å²) < 4.78 is 5.80. The Morgan fingerprint density at radius 1 is 1.34 bits per heavy atom. The van der Waals surface area contributed by atoms with E-state index in [4.69, 9.17) is 33.2 Å². The van der Waals surface area contributed by atoms with E-state index in [0.717, 1.165) is 10.6 Å². The van der Waals surface area contributed by atoms with Crippen molar-refractivity contribution in [3.63, 3.8) is 0 Å². The van der Waals surface area contributed by atoms with Gasteiger partial charge in [-0.25, -0.2) is 9.89 Å². The average molecular weight is 473 g/mol. The van der Waals surface area contributed by atoms with Crippen molar-refractivity contribution in [1.82, 2.24) is 15.5 Å². The predicted molar refractivity (Wildman–Crippen MR) is 119 cm³/mol. The fourth-order valence-electron chi connectivity index (χ4n) is 2.81. The number of nitrogens with zero attached hydrogens (tertiary/aromatic N) is 4. The molecule has 3 amide bonds. The van der Waals surface area contributed by atoms with Crippen molar-refractivity contribution in [2.75, 3.05) is 5.01 Å². The van der Waals surface area contributed by atoms with Gasteiger partial charge in [-0.3, -0.25) is 14.9 Å². The first-order valence-corrected chi connectivity index (χ1v) is 9.67. The molecule has 0 aliphatic rings. The minimum atomic E-state index is -0.931. The van der Waals surface area contributed by atoms with Gasteiger partial charge in [0.25, 0.3) is 5.56 Å². The Labute approximate surface area is 191 Å². The van der Waals surface area contributed by atoms with Gasteiger partial charge in [-0.2, -0.15) is 15.4 Å². The van der Waals surface area contributed by atoms with Crippen LogP contribution in [-0.4, -0.2) is 28.4 Å². The Bertz CT molecular complexity index is 1340. The standard InChI is InChI=1S/C20H14Cl2N6O4/c1-10-4-3-5-13-16(10)18(30)25-26-19(13)32-17-14(21)6-12(7-15(17)22)28(20(31)24-9-29)27-11(2)8-23/h3-7,9H,1-2H3,(H,25,30)(H,24,29,31)/b27-11+. The predicted octanol–water partition coefficient (Wildman–Crippen LogP) is 3.90. The van der Waals surface area contributed by atoms with Gasteiger partial charge in [0, 0.05) is 0 Å². The number of H-pyrrole nitrogens is 1. The van der Waals surface area contributed by atoms with Crippen molar-refractivity contribution >= 4 is 57.8 Å². The van der Waals surface area contributed by atoms with Crippen LogP contribution in [0.5, 0.6) is 11.6 Å². The molecule has 10 nitrogen and oxygen atoms in total. The number of benzene rings is 2. The molecule has 1 heterocycles. The smallest absolute Gasteiger partial charge is 0.349 e. The number of aryl methyl sites for hydroxylation is 1. The molecule has 2 aromatic carbocycles. The third kappa shape index (κ3) is 4.54. The summed E-state index contributed by atoms with van der Waals surface area (Å²) in [4.78, 5) is 35.0. The van der Waals surface area contributed by atoms with Gasteiger partial charge in [0.05, 0.1) is 26.5 Å². The van der Waals surface area contributed by atoms with Gasteiger partial charge in [-0.05, 0) is 37.6 Å². The molecule has 32 heavy (non-hydrogen) atoms. The minimum absolute atomic E-state index is 0.0103. The number of fused-ring (bicyclic) bond motifs is 1. The number of amides is 3. The second-order valence-corrected chi connectivity index (χ2v) is 7.19. The molecule has 0 saturated heterocycles. The number of aromatic amines is 1. The van der Waals surface area contributed by atoms with E-state index in [0.29, 0.717) is 10.8 Å². The molecule has 2 N–H and O–H groups in total. The monoisotopic (exact) mass is 472 g/mol. The molecule has 0 bridgehead atoms. The van der Waals surface area contributed by atoms with E-state index in [2.05, 4.69) is 15.3 Å². The van der Waals surface area contributed by atoms with E-state index in [-0.39, 0.29) is 45.0 Å². The van der Waals surface area contributed by atoms with Gasteiger partial charge in [0.15, 0.2) is 5.75 Å². The number of imide groups is 1. The first-order valence-electron chi connectivity index (χ1n) is 8.91. The van der Waals surface area contributed by atoms with Crippen LogP contribution in [0.3, 0.4) is 0 Å². The Hall–Kier alpha value is -3.94. The Morgan fingerprint density at radius 3 is 2.66 bits per heavy atom. The number of ether oxygens (including phenoxy) is 1. The summed E-state index contributed by atoms with van der Waals surface area (Å²) in [5, 5.41) is 22.6. The Balaban J connectivity index is 2.08. The Morgan fingerprint density at radius 2 is 2.03 bits per heavy atom. The number of rotatable bonds is 5. The fraction of sp³-hybridized carbons (Fsp3) is 0.100. The number of urea groups is 1. The van der Waals surface area contributed by atoms with Crippen molar-refractivity contribution in [2.24, 2.45) is 5.10 Å². The highest BCUT2D eigenvalue weighted by atomic mass is 35.5. The van der Waals surface area contributed by atoms with Crippen LogP contribution in [0.15, 0.2) is 40.2 Å². The largest absolute Gasteiger partial charge is 0.434 e. The van der Waals surface area contributed by atoms with Crippen molar-refractivity contribution < 1.29 is 14.3 Å². The van der Waals surface area contributed by atoms with Crippen LogP contribution in [-0.2, 0) is 4.79 Å². The summed E-state index contributed by atoms with van der Waals surface area (Å²) in [7, 11) is 0. The van der Waals surface area contributed by atoms with Gasteiger partial charge < -0.3 is 4.74 Å². The highest BCUT2D eigenvalue weighted by Gasteiger charge is 2.21. The van der Waals surface area contributed by atoms with Crippen LogP contribution in [0.25, 0.3) is 10.8 Å². The second-order valence-electron chi connectivity index (χ2n) is 6.37. The SMILES string of the molecule is C/C(C#N)=N\N(C(=O)NC=O)c1cc(Cl)c(Oc2n[nH]c(=O)c3c(C)cccc23)c(Cl)c1. The zero-order valence-electron chi connectivity index (χ0n) is 16.6. The maximum Gasteiger partial charge on any atom is 0.349 e. The third-order valence-electron chi connectivity index (χ3n) is 4.20. The topological polar surface area (TPSA) is 141 Å². The van der Waals surface area contributed by atoms with Crippen LogP contribution >= 0.6 is 23.2 Å². The summed E-state index contributed by atoms with van der Waals surface area (Å²) in [6.07, 6.45) is 0.169. The maximum absolute atomic E-state index is 12.2. The molecular formula is C20H14Cl2N6O4. The van der Waals surface area contributed by atoms with Crippen molar-refractivity contribution in [1.29, 1.82) is 5.26 Å². The summed E-state index contributed by atoms with van der Waals surface area (Å²) in [6, 6.07) is 8.65. The van der Waals surface area contributed by atoms with E-state index in [1.807, 2.05) is 5.32 Å². The van der Waals surface area contributed by atoms with Crippen molar-refractivity contribution in [3.05, 3.63) is 56.3 Å². The lowest BCUT2D eigenvalue weighted by Gasteiger charge is -2.18. The van der Waals surface area contributed by atoms with Gasteiger partial charge in [-0.15, -0.1) is 5.10 Å². The van der Waals surface area contributed by atoms with Crippen LogP contribution in [0, 0.1) is 18.3 Å². The molecule has 0 aliphatic carbocycles. The van der Waals surface area contributed by atoms with Crippen LogP contribution in [0.1, 0.15) is 12.5 Å². The molecule has 0 radical (unpaired) electrons. The van der Waals surface area contributed by atoms with Gasteiger partial charge >= 0.3 is 6.03 Å². The molecule has 162 valence electrons. The number of hydrogen-bond acceptors (Lipinski definition) is 7. The average Bonchev–Trinajstić information content (AvgIpc) is 2.75. The summed E-state index contributed by atoms with van der Waals surface area (Å²) in [5.41, 5.74) is 0.362. The molecule has 0 atom stereocenters. The van der Waals surface area contributed by atoms with E-state index in [1.54, 1.807) is 31.2 Å². The van der Waals surface area contributed by atoms with Gasteiger partial charge in [0.2, 0.25) is 12.3 Å². The number of carbonyl (C=O) groups excluding carboxylic acids is 2. The fourth-order valence-corrected chi connectivity index (χ4v) is 3.36. The van der Waals surface area contributed by atoms with Crippen molar-refractivity contribution in [3.8, 4) is 17.7 Å². The number of carbonyl (C=O) groups is 2. The summed E-state index contributed by atoms with van der Waals surface area (Å²) in [5.74, 6) is 0.0740. The normalized spacial score (nSPS) is 11.0. The highest BCUT2D eigenvalue weighted by molar-refractivity contribution is 6.37. The summed E-state index contributed by atoms with van der Waals surface area (Å²) >= 11 is 12.7. The number of anilines is 1. The number of hydrazone groups is 1. The van der Waals surface area contributed by atoms with Gasteiger partial charge in [0.1, 0.15) is 11.8 Å². The molecule has 12 heteroatoms. The molecule has 0 saturated carbocycles. The first kappa shape index (κ1) is 22.7. The van der Waals surface area contributed by atoms with Crippen LogP contribution < -0.4 is 20.6 Å². The van der Waals surface area contributed by atoms with E-state index in [9.17, 15) is 14.4 Å². The van der Waals surface area contributed by atoms with Crippen molar-refractivity contribution in [2.45, 2.75) is 13.8 Å². The minimum Gasteiger partial charge on any atom is -0.434 e. The highest BCUT2D eigenvalue weighted by Crippen LogP contribution is 2.40. The maximum atomic E-state index is 12.2. The molecule has 0 fully saturated rings.